The molecule has 2 heterocycles. The van der Waals surface area contributed by atoms with Crippen LogP contribution in [0.2, 0.25) is 0 Å². The highest BCUT2D eigenvalue weighted by atomic mass is 16.3. The van der Waals surface area contributed by atoms with Crippen molar-refractivity contribution >= 4 is 71.6 Å². The Kier molecular flexibility index (Phi) is 7.17. The van der Waals surface area contributed by atoms with Gasteiger partial charge in [0.2, 0.25) is 0 Å². The molecular formula is C52H34N2O. The largest absolute Gasteiger partial charge is 0.456 e. The minimum atomic E-state index is 0.884. The summed E-state index contributed by atoms with van der Waals surface area (Å²) in [5, 5.41) is 7.07. The summed E-state index contributed by atoms with van der Waals surface area (Å²) in [6.07, 6.45) is 0. The summed E-state index contributed by atoms with van der Waals surface area (Å²) >= 11 is 0. The Morgan fingerprint density at radius 3 is 1.58 bits per heavy atom. The molecule has 0 radical (unpaired) electrons. The van der Waals surface area contributed by atoms with E-state index in [1.807, 2.05) is 0 Å². The van der Waals surface area contributed by atoms with Gasteiger partial charge >= 0.3 is 0 Å². The minimum absolute atomic E-state index is 0.884. The maximum Gasteiger partial charge on any atom is 0.136 e. The second-order valence-corrected chi connectivity index (χ2v) is 14.1. The maximum absolute atomic E-state index is 6.45. The van der Waals surface area contributed by atoms with Crippen LogP contribution in [-0.2, 0) is 0 Å². The van der Waals surface area contributed by atoms with Crippen molar-refractivity contribution in [2.75, 3.05) is 4.90 Å². The van der Waals surface area contributed by atoms with E-state index >= 15 is 0 Å². The Morgan fingerprint density at radius 2 is 0.873 bits per heavy atom. The molecule has 0 saturated heterocycles. The summed E-state index contributed by atoms with van der Waals surface area (Å²) in [5.41, 5.74) is 13.0. The van der Waals surface area contributed by atoms with Gasteiger partial charge in [-0.15, -0.1) is 0 Å². The van der Waals surface area contributed by atoms with Gasteiger partial charge in [0.25, 0.3) is 0 Å². The zero-order valence-electron chi connectivity index (χ0n) is 29.9. The first-order valence-electron chi connectivity index (χ1n) is 18.8. The molecule has 2 aromatic heterocycles. The number of hydrogen-bond donors (Lipinski definition) is 0. The SMILES string of the molecule is c1ccc(-c2ccccc2N(c2ccccc2-c2ccc3oc4cc5ccccc5cc4c3c2)c2ccccc2-n2c3ccccc3c3ccccc32)cc1. The van der Waals surface area contributed by atoms with Gasteiger partial charge in [-0.3, -0.25) is 0 Å². The summed E-state index contributed by atoms with van der Waals surface area (Å²) in [6.45, 7) is 0. The van der Waals surface area contributed by atoms with Gasteiger partial charge in [0, 0.05) is 32.7 Å². The van der Waals surface area contributed by atoms with Gasteiger partial charge in [0.05, 0.1) is 33.8 Å². The van der Waals surface area contributed by atoms with Crippen molar-refractivity contribution in [1.82, 2.24) is 4.57 Å². The molecular weight excluding hydrogens is 669 g/mol. The standard InChI is InChI=1S/C52H34N2O/c1-2-16-35(17-3-1)39-20-6-10-24-45(39)53(49-28-14-15-29-50(49)54-47-26-12-8-22-41(47)42-23-9-13-27-48(42)54)46-25-11-7-21-40(46)38-30-31-51-43(33-38)44-32-36-18-4-5-19-37(36)34-52(44)55-51/h1-34H. The van der Waals surface area contributed by atoms with Gasteiger partial charge in [-0.05, 0) is 82.6 Å². The van der Waals surface area contributed by atoms with Crippen LogP contribution in [0.5, 0.6) is 0 Å². The number of hydrogen-bond acceptors (Lipinski definition) is 2. The van der Waals surface area contributed by atoms with E-state index in [-0.39, 0.29) is 0 Å². The lowest BCUT2D eigenvalue weighted by Crippen LogP contribution is -2.15. The zero-order chi connectivity index (χ0) is 36.3. The Labute approximate surface area is 318 Å². The minimum Gasteiger partial charge on any atom is -0.456 e. The zero-order valence-corrected chi connectivity index (χ0v) is 29.9. The molecule has 258 valence electrons. The van der Waals surface area contributed by atoms with Crippen LogP contribution >= 0.6 is 0 Å². The number of rotatable bonds is 6. The van der Waals surface area contributed by atoms with E-state index < -0.39 is 0 Å². The molecule has 11 aromatic rings. The van der Waals surface area contributed by atoms with Crippen molar-refractivity contribution in [2.45, 2.75) is 0 Å². The molecule has 0 amide bonds. The summed E-state index contributed by atoms with van der Waals surface area (Å²) in [4.78, 5) is 2.46. The summed E-state index contributed by atoms with van der Waals surface area (Å²) in [7, 11) is 0. The fourth-order valence-corrected chi connectivity index (χ4v) is 8.49. The smallest absolute Gasteiger partial charge is 0.136 e. The highest BCUT2D eigenvalue weighted by Crippen LogP contribution is 2.48. The van der Waals surface area contributed by atoms with Gasteiger partial charge in [0.1, 0.15) is 11.2 Å². The van der Waals surface area contributed by atoms with Crippen molar-refractivity contribution < 1.29 is 4.42 Å². The molecule has 0 atom stereocenters. The van der Waals surface area contributed by atoms with E-state index in [0.29, 0.717) is 0 Å². The van der Waals surface area contributed by atoms with Crippen molar-refractivity contribution in [1.29, 1.82) is 0 Å². The van der Waals surface area contributed by atoms with Crippen molar-refractivity contribution in [2.24, 2.45) is 0 Å². The van der Waals surface area contributed by atoms with Crippen molar-refractivity contribution in [3.8, 4) is 27.9 Å². The topological polar surface area (TPSA) is 21.3 Å². The van der Waals surface area contributed by atoms with E-state index in [1.54, 1.807) is 0 Å². The Hall–Kier alpha value is -7.36. The van der Waals surface area contributed by atoms with E-state index in [0.717, 1.165) is 66.9 Å². The van der Waals surface area contributed by atoms with Crippen LogP contribution in [0.3, 0.4) is 0 Å². The quantitative estimate of drug-likeness (QED) is 0.172. The second-order valence-electron chi connectivity index (χ2n) is 14.1. The number of benzene rings is 9. The van der Waals surface area contributed by atoms with E-state index in [2.05, 4.69) is 216 Å². The van der Waals surface area contributed by atoms with Crippen LogP contribution in [0, 0.1) is 0 Å². The number of aromatic nitrogens is 1. The highest BCUT2D eigenvalue weighted by molar-refractivity contribution is 6.12. The average molecular weight is 703 g/mol. The fourth-order valence-electron chi connectivity index (χ4n) is 8.49. The molecule has 0 spiro atoms. The first kappa shape index (κ1) is 31.2. The highest BCUT2D eigenvalue weighted by Gasteiger charge is 2.25. The molecule has 3 nitrogen and oxygen atoms in total. The molecule has 0 unspecified atom stereocenters. The lowest BCUT2D eigenvalue weighted by molar-refractivity contribution is 0.669. The first-order chi connectivity index (χ1) is 27.3. The van der Waals surface area contributed by atoms with Gasteiger partial charge < -0.3 is 13.9 Å². The molecule has 0 N–H and O–H groups in total. The van der Waals surface area contributed by atoms with E-state index in [1.165, 1.54) is 32.6 Å². The lowest BCUT2D eigenvalue weighted by atomic mass is 9.97. The van der Waals surface area contributed by atoms with Crippen LogP contribution in [0.25, 0.3) is 82.5 Å². The van der Waals surface area contributed by atoms with Gasteiger partial charge in [-0.1, -0.05) is 146 Å². The van der Waals surface area contributed by atoms with Crippen molar-refractivity contribution in [3.05, 3.63) is 206 Å². The maximum atomic E-state index is 6.45. The second kappa shape index (κ2) is 12.6. The van der Waals surface area contributed by atoms with E-state index in [9.17, 15) is 0 Å². The normalized spacial score (nSPS) is 11.6. The summed E-state index contributed by atoms with van der Waals surface area (Å²) < 4.78 is 8.87. The lowest BCUT2D eigenvalue weighted by Gasteiger charge is -2.32. The number of para-hydroxylation sites is 6. The third-order valence-electron chi connectivity index (χ3n) is 11.0. The third kappa shape index (κ3) is 5.05. The molecule has 0 aliphatic heterocycles. The van der Waals surface area contributed by atoms with Crippen LogP contribution in [-0.4, -0.2) is 4.57 Å². The summed E-state index contributed by atoms with van der Waals surface area (Å²) in [5.74, 6) is 0. The Bertz CT molecular complexity index is 3170. The van der Waals surface area contributed by atoms with E-state index in [4.69, 9.17) is 4.42 Å². The van der Waals surface area contributed by atoms with Crippen LogP contribution in [0.1, 0.15) is 0 Å². The molecule has 0 aliphatic carbocycles. The number of furan rings is 1. The average Bonchev–Trinajstić information content (AvgIpc) is 3.78. The molecule has 0 fully saturated rings. The predicted octanol–water partition coefficient (Wildman–Crippen LogP) is 14.6. The number of anilines is 3. The predicted molar refractivity (Wildman–Crippen MR) is 231 cm³/mol. The van der Waals surface area contributed by atoms with Crippen LogP contribution in [0.15, 0.2) is 211 Å². The summed E-state index contributed by atoms with van der Waals surface area (Å²) in [6, 6.07) is 74.1. The molecule has 55 heavy (non-hydrogen) atoms. The van der Waals surface area contributed by atoms with Crippen molar-refractivity contribution in [3.63, 3.8) is 0 Å². The Morgan fingerprint density at radius 1 is 0.345 bits per heavy atom. The molecule has 0 bridgehead atoms. The van der Waals surface area contributed by atoms with Gasteiger partial charge in [-0.25, -0.2) is 0 Å². The Balaban J connectivity index is 1.19. The molecule has 11 rings (SSSR count). The first-order valence-corrected chi connectivity index (χ1v) is 18.8. The fraction of sp³-hybridized carbons (Fsp3) is 0. The van der Waals surface area contributed by atoms with Crippen LogP contribution in [0.4, 0.5) is 17.1 Å². The number of fused-ring (bicyclic) bond motifs is 7. The number of nitrogens with zero attached hydrogens (tertiary/aromatic N) is 2. The molecule has 0 saturated carbocycles. The molecule has 3 heteroatoms. The van der Waals surface area contributed by atoms with Crippen LogP contribution < -0.4 is 4.90 Å². The monoisotopic (exact) mass is 702 g/mol. The molecule has 0 aliphatic rings. The van der Waals surface area contributed by atoms with Gasteiger partial charge in [-0.2, -0.15) is 0 Å². The third-order valence-corrected chi connectivity index (χ3v) is 11.0. The van der Waals surface area contributed by atoms with Gasteiger partial charge in [0.15, 0.2) is 0 Å². The molecule has 9 aromatic carbocycles.